The van der Waals surface area contributed by atoms with Gasteiger partial charge >= 0.3 is 0 Å². The van der Waals surface area contributed by atoms with Crippen LogP contribution in [0.3, 0.4) is 0 Å². The first-order valence-electron chi connectivity index (χ1n) is 21.1. The van der Waals surface area contributed by atoms with E-state index >= 15 is 0 Å². The molecule has 1 rings (SSSR count). The molecule has 0 saturated heterocycles. The zero-order valence-electron chi connectivity index (χ0n) is 32.8. The molecule has 0 amide bonds. The van der Waals surface area contributed by atoms with Gasteiger partial charge < -0.3 is 14.4 Å². The Labute approximate surface area is 301 Å². The lowest BCUT2D eigenvalue weighted by Gasteiger charge is -2.37. The van der Waals surface area contributed by atoms with Gasteiger partial charge in [-0.25, -0.2) is 0 Å². The minimum Gasteiger partial charge on any atom is -0.376 e. The lowest BCUT2D eigenvalue weighted by atomic mass is 9.84. The molecule has 0 aromatic heterocycles. The number of hydrogen-bond donors (Lipinski definition) is 0. The summed E-state index contributed by atoms with van der Waals surface area (Å²) in [7, 11) is 4.41. The van der Waals surface area contributed by atoms with Gasteiger partial charge in [0.1, 0.15) is 0 Å². The molecule has 0 bridgehead atoms. The molecule has 0 spiro atoms. The van der Waals surface area contributed by atoms with Gasteiger partial charge in [0.05, 0.1) is 12.2 Å². The fourth-order valence-electron chi connectivity index (χ4n) is 6.88. The first-order chi connectivity index (χ1) is 23.7. The van der Waals surface area contributed by atoms with Crippen molar-refractivity contribution < 1.29 is 9.47 Å². The summed E-state index contributed by atoms with van der Waals surface area (Å²) in [4.78, 5) is 2.34. The van der Waals surface area contributed by atoms with Gasteiger partial charge in [0.15, 0.2) is 0 Å². The molecule has 0 N–H and O–H groups in total. The van der Waals surface area contributed by atoms with Gasteiger partial charge in [-0.1, -0.05) is 140 Å². The molecule has 0 aliphatic heterocycles. The zero-order chi connectivity index (χ0) is 34.6. The van der Waals surface area contributed by atoms with E-state index in [1.807, 2.05) is 0 Å². The second kappa shape index (κ2) is 35.7. The van der Waals surface area contributed by atoms with Crippen molar-refractivity contribution >= 4 is 0 Å². The van der Waals surface area contributed by atoms with Gasteiger partial charge in [0.25, 0.3) is 0 Å². The molecule has 0 aromatic carbocycles. The second-order valence-corrected chi connectivity index (χ2v) is 14.9. The third kappa shape index (κ3) is 29.7. The predicted molar refractivity (Wildman–Crippen MR) is 214 cm³/mol. The number of rotatable bonds is 34. The zero-order valence-corrected chi connectivity index (χ0v) is 32.8. The third-order valence-electron chi connectivity index (χ3n) is 9.82. The van der Waals surface area contributed by atoms with E-state index in [0.717, 1.165) is 44.8 Å². The van der Waals surface area contributed by atoms with Gasteiger partial charge in [-0.2, -0.15) is 0 Å². The Morgan fingerprint density at radius 3 is 1.29 bits per heavy atom. The fourth-order valence-corrected chi connectivity index (χ4v) is 6.88. The minimum absolute atomic E-state index is 0.284. The summed E-state index contributed by atoms with van der Waals surface area (Å²) in [6.07, 6.45) is 54.0. The van der Waals surface area contributed by atoms with Crippen molar-refractivity contribution in [3.05, 3.63) is 48.6 Å². The van der Waals surface area contributed by atoms with Gasteiger partial charge in [-0.3, -0.25) is 0 Å². The SMILES string of the molecule is CCCCC/C=C\C/C=C\CCCCCCCCO[C@H]1CC[C@@H](CN(C)C)C[C@H]1OCCCCCCCC/C=C\C/C=C\CCCCC. The second-order valence-electron chi connectivity index (χ2n) is 14.9. The number of allylic oxidation sites excluding steroid dienone is 8. The minimum atomic E-state index is 0.284. The molecule has 3 nitrogen and oxygen atoms in total. The summed E-state index contributed by atoms with van der Waals surface area (Å²) in [6.45, 7) is 7.52. The van der Waals surface area contributed by atoms with Crippen LogP contribution in [-0.2, 0) is 9.47 Å². The smallest absolute Gasteiger partial charge is 0.0839 e. The highest BCUT2D eigenvalue weighted by Crippen LogP contribution is 2.30. The van der Waals surface area contributed by atoms with Crippen LogP contribution in [0.4, 0.5) is 0 Å². The normalized spacial score (nSPS) is 19.0. The highest BCUT2D eigenvalue weighted by atomic mass is 16.5. The summed E-state index contributed by atoms with van der Waals surface area (Å²) >= 11 is 0. The molecule has 3 atom stereocenters. The number of ether oxygens (including phenoxy) is 2. The first kappa shape index (κ1) is 44.9. The Morgan fingerprint density at radius 2 is 0.854 bits per heavy atom. The molecule has 1 aliphatic rings. The van der Waals surface area contributed by atoms with Crippen LogP contribution in [0.15, 0.2) is 48.6 Å². The maximum atomic E-state index is 6.54. The maximum Gasteiger partial charge on any atom is 0.0839 e. The Morgan fingerprint density at radius 1 is 0.458 bits per heavy atom. The van der Waals surface area contributed by atoms with E-state index < -0.39 is 0 Å². The van der Waals surface area contributed by atoms with Crippen molar-refractivity contribution in [1.82, 2.24) is 4.90 Å². The van der Waals surface area contributed by atoms with E-state index in [1.54, 1.807) is 0 Å². The van der Waals surface area contributed by atoms with Crippen molar-refractivity contribution in [1.29, 1.82) is 0 Å². The molecule has 0 aromatic rings. The van der Waals surface area contributed by atoms with Crippen LogP contribution in [0.2, 0.25) is 0 Å². The summed E-state index contributed by atoms with van der Waals surface area (Å²) in [5.41, 5.74) is 0. The predicted octanol–water partition coefficient (Wildman–Crippen LogP) is 13.7. The lowest BCUT2D eigenvalue weighted by molar-refractivity contribution is -0.105. The van der Waals surface area contributed by atoms with Crippen LogP contribution in [-0.4, -0.2) is 51.0 Å². The number of hydrogen-bond acceptors (Lipinski definition) is 3. The largest absolute Gasteiger partial charge is 0.376 e. The van der Waals surface area contributed by atoms with Crippen LogP contribution in [0.5, 0.6) is 0 Å². The molecule has 280 valence electrons. The van der Waals surface area contributed by atoms with E-state index in [1.165, 1.54) is 154 Å². The summed E-state index contributed by atoms with van der Waals surface area (Å²) < 4.78 is 13.0. The van der Waals surface area contributed by atoms with E-state index in [0.29, 0.717) is 6.10 Å². The molecule has 0 heterocycles. The highest BCUT2D eigenvalue weighted by Gasteiger charge is 2.32. The van der Waals surface area contributed by atoms with Crippen LogP contribution in [0.25, 0.3) is 0 Å². The van der Waals surface area contributed by atoms with E-state index in [9.17, 15) is 0 Å². The molecule has 1 fully saturated rings. The quantitative estimate of drug-likeness (QED) is 0.0503. The third-order valence-corrected chi connectivity index (χ3v) is 9.82. The van der Waals surface area contributed by atoms with E-state index in [-0.39, 0.29) is 6.10 Å². The number of nitrogens with zero attached hydrogens (tertiary/aromatic N) is 1. The van der Waals surface area contributed by atoms with Gasteiger partial charge in [0, 0.05) is 19.8 Å². The molecule has 48 heavy (non-hydrogen) atoms. The fraction of sp³-hybridized carbons (Fsp3) is 0.822. The molecule has 3 heteroatoms. The number of unbranched alkanes of at least 4 members (excludes halogenated alkanes) is 18. The molecule has 0 unspecified atom stereocenters. The lowest BCUT2D eigenvalue weighted by Crippen LogP contribution is -2.40. The van der Waals surface area contributed by atoms with Crippen molar-refractivity contribution in [2.24, 2.45) is 5.92 Å². The van der Waals surface area contributed by atoms with Crippen LogP contribution in [0.1, 0.15) is 187 Å². The highest BCUT2D eigenvalue weighted by molar-refractivity contribution is 4.93. The van der Waals surface area contributed by atoms with Crippen molar-refractivity contribution in [3.63, 3.8) is 0 Å². The van der Waals surface area contributed by atoms with Gasteiger partial charge in [-0.05, 0) is 116 Å². The summed E-state index contributed by atoms with van der Waals surface area (Å²) in [6, 6.07) is 0. The first-order valence-corrected chi connectivity index (χ1v) is 21.1. The summed E-state index contributed by atoms with van der Waals surface area (Å²) in [5, 5.41) is 0. The van der Waals surface area contributed by atoms with Gasteiger partial charge in [0.2, 0.25) is 0 Å². The van der Waals surface area contributed by atoms with Crippen LogP contribution in [0, 0.1) is 5.92 Å². The van der Waals surface area contributed by atoms with E-state index in [4.69, 9.17) is 9.47 Å². The van der Waals surface area contributed by atoms with Crippen molar-refractivity contribution in [2.75, 3.05) is 33.9 Å². The maximum absolute atomic E-state index is 6.54. The Hall–Kier alpha value is -1.16. The molecular weight excluding hydrogens is 587 g/mol. The Kier molecular flexibility index (Phi) is 33.3. The molecule has 0 radical (unpaired) electrons. The standard InChI is InChI=1S/C45H83NO2/c1-5-7-9-11-13-15-17-19-21-23-25-27-29-31-33-35-39-47-44-38-37-43(42-46(3)4)41-45(44)48-40-36-34-32-30-28-26-24-22-20-18-16-14-12-10-8-6-2/h13-16,19-22,43-45H,5-12,17-18,23-42H2,1-4H3/b15-13-,16-14-,21-19-,22-20-/t43-,44+,45-/m1/s1. The topological polar surface area (TPSA) is 21.7 Å². The molecule has 1 saturated carbocycles. The Balaban J connectivity index is 2.09. The average Bonchev–Trinajstić information content (AvgIpc) is 3.08. The molecular formula is C45H83NO2. The van der Waals surface area contributed by atoms with E-state index in [2.05, 4.69) is 81.5 Å². The van der Waals surface area contributed by atoms with Crippen LogP contribution >= 0.6 is 0 Å². The Bertz CT molecular complexity index is 769. The van der Waals surface area contributed by atoms with Crippen molar-refractivity contribution in [3.8, 4) is 0 Å². The van der Waals surface area contributed by atoms with Crippen molar-refractivity contribution in [2.45, 2.75) is 199 Å². The van der Waals surface area contributed by atoms with Crippen LogP contribution < -0.4 is 0 Å². The molecule has 1 aliphatic carbocycles. The van der Waals surface area contributed by atoms with Gasteiger partial charge in [-0.15, -0.1) is 0 Å². The average molecular weight is 670 g/mol. The summed E-state index contributed by atoms with van der Waals surface area (Å²) in [5.74, 6) is 0.738. The monoisotopic (exact) mass is 670 g/mol.